The normalized spacial score (nSPS) is 13.6. The highest BCUT2D eigenvalue weighted by molar-refractivity contribution is 6.02. The van der Waals surface area contributed by atoms with E-state index in [1.807, 2.05) is 37.3 Å². The summed E-state index contributed by atoms with van der Waals surface area (Å²) in [5, 5.41) is 11.4. The summed E-state index contributed by atoms with van der Waals surface area (Å²) in [5.74, 6) is 0.111. The van der Waals surface area contributed by atoms with Gasteiger partial charge in [0.15, 0.2) is 5.76 Å². The van der Waals surface area contributed by atoms with Crippen LogP contribution in [0.25, 0.3) is 0 Å². The molecule has 1 atom stereocenters. The number of amides is 4. The Morgan fingerprint density at radius 3 is 2.45 bits per heavy atom. The zero-order chi connectivity index (χ0) is 23.2. The van der Waals surface area contributed by atoms with Gasteiger partial charge in [0.1, 0.15) is 0 Å². The second-order valence-corrected chi connectivity index (χ2v) is 8.07. The maximum Gasteiger partial charge on any atom is 0.315 e. The Morgan fingerprint density at radius 2 is 1.76 bits per heavy atom. The first-order chi connectivity index (χ1) is 16.0. The Balaban J connectivity index is 1.25. The van der Waals surface area contributed by atoms with Crippen LogP contribution in [0.15, 0.2) is 71.3 Å². The van der Waals surface area contributed by atoms with Crippen LogP contribution < -0.4 is 21.3 Å². The topological polar surface area (TPSA) is 112 Å². The minimum Gasteiger partial charge on any atom is -0.459 e. The van der Waals surface area contributed by atoms with Crippen molar-refractivity contribution < 1.29 is 18.8 Å². The van der Waals surface area contributed by atoms with Gasteiger partial charge in [0.25, 0.3) is 5.91 Å². The van der Waals surface area contributed by atoms with E-state index in [0.29, 0.717) is 12.2 Å². The summed E-state index contributed by atoms with van der Waals surface area (Å²) in [6.45, 7) is 2.19. The number of rotatable bonds is 8. The minimum atomic E-state index is -0.338. The lowest BCUT2D eigenvalue weighted by Crippen LogP contribution is -2.36. The lowest BCUT2D eigenvalue weighted by atomic mass is 10.1. The summed E-state index contributed by atoms with van der Waals surface area (Å²) in [6, 6.07) is 17.4. The first kappa shape index (κ1) is 22.1. The van der Waals surface area contributed by atoms with E-state index in [-0.39, 0.29) is 35.6 Å². The number of anilines is 2. The van der Waals surface area contributed by atoms with E-state index in [1.54, 1.807) is 30.3 Å². The summed E-state index contributed by atoms with van der Waals surface area (Å²) in [7, 11) is 0. The highest BCUT2D eigenvalue weighted by Gasteiger charge is 2.29. The van der Waals surface area contributed by atoms with Gasteiger partial charge in [-0.2, -0.15) is 0 Å². The van der Waals surface area contributed by atoms with Crippen LogP contribution in [0.1, 0.15) is 47.5 Å². The smallest absolute Gasteiger partial charge is 0.315 e. The molecule has 0 aliphatic heterocycles. The molecule has 0 spiro atoms. The van der Waals surface area contributed by atoms with Crippen molar-refractivity contribution in [3.05, 3.63) is 83.8 Å². The summed E-state index contributed by atoms with van der Waals surface area (Å²) >= 11 is 0. The SMILES string of the molecule is CC(NC(=O)NCc1cccc(NC(=O)c2ccco2)c1)c1ccc(NC(=O)C2CC2)cc1. The number of carbonyl (C=O) groups is 3. The average molecular weight is 447 g/mol. The van der Waals surface area contributed by atoms with Crippen molar-refractivity contribution in [1.82, 2.24) is 10.6 Å². The van der Waals surface area contributed by atoms with Gasteiger partial charge in [0.05, 0.1) is 12.3 Å². The van der Waals surface area contributed by atoms with Gasteiger partial charge in [-0.3, -0.25) is 9.59 Å². The van der Waals surface area contributed by atoms with Gasteiger partial charge in [0, 0.05) is 23.8 Å². The average Bonchev–Trinajstić information content (AvgIpc) is 3.52. The summed E-state index contributed by atoms with van der Waals surface area (Å²) < 4.78 is 5.09. The molecule has 1 aliphatic rings. The molecule has 1 aromatic heterocycles. The van der Waals surface area contributed by atoms with E-state index < -0.39 is 0 Å². The van der Waals surface area contributed by atoms with Crippen molar-refractivity contribution in [3.8, 4) is 0 Å². The second kappa shape index (κ2) is 10.0. The van der Waals surface area contributed by atoms with Crippen LogP contribution in [-0.4, -0.2) is 17.8 Å². The number of furan rings is 1. The molecule has 0 bridgehead atoms. The highest BCUT2D eigenvalue weighted by Crippen LogP contribution is 2.30. The largest absolute Gasteiger partial charge is 0.459 e. The highest BCUT2D eigenvalue weighted by atomic mass is 16.3. The lowest BCUT2D eigenvalue weighted by molar-refractivity contribution is -0.117. The van der Waals surface area contributed by atoms with Crippen LogP contribution in [-0.2, 0) is 11.3 Å². The molecule has 1 fully saturated rings. The predicted octanol–water partition coefficient (Wildman–Crippen LogP) is 4.44. The maximum absolute atomic E-state index is 12.4. The summed E-state index contributed by atoms with van der Waals surface area (Å²) in [6.07, 6.45) is 3.37. The molecule has 170 valence electrons. The number of hydrogen-bond donors (Lipinski definition) is 4. The Labute approximate surface area is 191 Å². The van der Waals surface area contributed by atoms with Crippen molar-refractivity contribution in [2.24, 2.45) is 5.92 Å². The summed E-state index contributed by atoms with van der Waals surface area (Å²) in [4.78, 5) is 36.3. The zero-order valence-corrected chi connectivity index (χ0v) is 18.3. The third kappa shape index (κ3) is 6.22. The van der Waals surface area contributed by atoms with Gasteiger partial charge in [0.2, 0.25) is 5.91 Å². The third-order valence-electron chi connectivity index (χ3n) is 5.36. The van der Waals surface area contributed by atoms with Crippen LogP contribution >= 0.6 is 0 Å². The van der Waals surface area contributed by atoms with Gasteiger partial charge < -0.3 is 25.7 Å². The van der Waals surface area contributed by atoms with Gasteiger partial charge in [-0.05, 0) is 67.3 Å². The van der Waals surface area contributed by atoms with Crippen molar-refractivity contribution in [3.63, 3.8) is 0 Å². The first-order valence-corrected chi connectivity index (χ1v) is 10.9. The minimum absolute atomic E-state index is 0.0675. The van der Waals surface area contributed by atoms with Crippen LogP contribution in [0, 0.1) is 5.92 Å². The molecule has 2 aromatic carbocycles. The van der Waals surface area contributed by atoms with E-state index in [9.17, 15) is 14.4 Å². The predicted molar refractivity (Wildman–Crippen MR) is 125 cm³/mol. The number of urea groups is 1. The molecular weight excluding hydrogens is 420 g/mol. The van der Waals surface area contributed by atoms with Crippen molar-refractivity contribution in [2.75, 3.05) is 10.6 Å². The summed E-state index contributed by atoms with van der Waals surface area (Å²) in [5.41, 5.74) is 3.13. The number of nitrogens with one attached hydrogen (secondary N) is 4. The number of carbonyl (C=O) groups excluding carboxylic acids is 3. The zero-order valence-electron chi connectivity index (χ0n) is 18.3. The molecule has 33 heavy (non-hydrogen) atoms. The molecule has 0 radical (unpaired) electrons. The van der Waals surface area contributed by atoms with Crippen molar-refractivity contribution in [1.29, 1.82) is 0 Å². The number of hydrogen-bond acceptors (Lipinski definition) is 4. The first-order valence-electron chi connectivity index (χ1n) is 10.9. The van der Waals surface area contributed by atoms with E-state index in [4.69, 9.17) is 4.42 Å². The molecule has 1 unspecified atom stereocenters. The van der Waals surface area contributed by atoms with Crippen LogP contribution in [0.5, 0.6) is 0 Å². The van der Waals surface area contributed by atoms with Gasteiger partial charge >= 0.3 is 6.03 Å². The molecule has 8 nitrogen and oxygen atoms in total. The molecule has 3 aromatic rings. The fraction of sp³-hybridized carbons (Fsp3) is 0.240. The molecule has 1 heterocycles. The molecular formula is C25H26N4O4. The van der Waals surface area contributed by atoms with Crippen molar-refractivity contribution in [2.45, 2.75) is 32.4 Å². The third-order valence-corrected chi connectivity index (χ3v) is 5.36. The van der Waals surface area contributed by atoms with Crippen molar-refractivity contribution >= 4 is 29.2 Å². The van der Waals surface area contributed by atoms with Crippen LogP contribution in [0.2, 0.25) is 0 Å². The van der Waals surface area contributed by atoms with E-state index >= 15 is 0 Å². The van der Waals surface area contributed by atoms with Crippen LogP contribution in [0.4, 0.5) is 16.2 Å². The molecule has 1 saturated carbocycles. The Kier molecular flexibility index (Phi) is 6.73. The Morgan fingerprint density at radius 1 is 0.970 bits per heavy atom. The molecule has 0 saturated heterocycles. The van der Waals surface area contributed by atoms with Crippen LogP contribution in [0.3, 0.4) is 0 Å². The quantitative estimate of drug-likeness (QED) is 0.410. The maximum atomic E-state index is 12.4. The molecule has 4 N–H and O–H groups in total. The molecule has 1 aliphatic carbocycles. The fourth-order valence-corrected chi connectivity index (χ4v) is 3.32. The standard InChI is InChI=1S/C25H26N4O4/c1-16(18-9-11-20(12-10-18)28-23(30)19-7-8-19)27-25(32)26-15-17-4-2-5-21(14-17)29-24(31)22-6-3-13-33-22/h2-6,9-14,16,19H,7-8,15H2,1H3,(H,28,30)(H,29,31)(H2,26,27,32). The van der Waals surface area contributed by atoms with Gasteiger partial charge in [-0.1, -0.05) is 24.3 Å². The number of benzene rings is 2. The molecule has 4 rings (SSSR count). The molecule has 4 amide bonds. The van der Waals surface area contributed by atoms with E-state index in [1.165, 1.54) is 6.26 Å². The Bertz CT molecular complexity index is 1120. The lowest BCUT2D eigenvalue weighted by Gasteiger charge is -2.16. The van der Waals surface area contributed by atoms with E-state index in [2.05, 4.69) is 21.3 Å². The monoisotopic (exact) mass is 446 g/mol. The van der Waals surface area contributed by atoms with E-state index in [0.717, 1.165) is 29.7 Å². The van der Waals surface area contributed by atoms with Gasteiger partial charge in [-0.15, -0.1) is 0 Å². The fourth-order valence-electron chi connectivity index (χ4n) is 3.32. The second-order valence-electron chi connectivity index (χ2n) is 8.07. The molecule has 8 heteroatoms. The van der Waals surface area contributed by atoms with Gasteiger partial charge in [-0.25, -0.2) is 4.79 Å². The Hall–Kier alpha value is -4.07.